The van der Waals surface area contributed by atoms with Crippen LogP contribution in [0.2, 0.25) is 0 Å². The van der Waals surface area contributed by atoms with Gasteiger partial charge in [0.1, 0.15) is 12.4 Å². The molecule has 4 aromatic rings. The number of benzene rings is 2. The summed E-state index contributed by atoms with van der Waals surface area (Å²) in [6.07, 6.45) is 4.19. The number of ether oxygens (including phenoxy) is 1. The molecule has 2 aromatic heterocycles. The standard InChI is InChI=1S/C30H28N2O4/c1-18-11-23(22-7-10-28(33)32(3)16-22)12-19(2)29(18)21-6-4-5-20(13-21)17-36-24-8-9-27(31-15-24)25-14-26(25)30(34)35/h4-13,15-16,25-26H,14,17H2,1-3H3,(H,34,35)/t25-,26-/m0/s1. The predicted octanol–water partition coefficient (Wildman–Crippen LogP) is 5.50. The number of aliphatic carboxylic acids is 1. The first-order valence-corrected chi connectivity index (χ1v) is 12.0. The van der Waals surface area contributed by atoms with Crippen molar-refractivity contribution in [3.05, 3.63) is 106 Å². The molecule has 2 heterocycles. The van der Waals surface area contributed by atoms with Gasteiger partial charge in [0.25, 0.3) is 0 Å². The van der Waals surface area contributed by atoms with Crippen LogP contribution in [0.5, 0.6) is 5.75 Å². The largest absolute Gasteiger partial charge is 0.487 e. The Morgan fingerprint density at radius 1 is 1.03 bits per heavy atom. The summed E-state index contributed by atoms with van der Waals surface area (Å²) < 4.78 is 7.56. The van der Waals surface area contributed by atoms with Gasteiger partial charge in [0, 0.05) is 30.9 Å². The molecule has 1 aliphatic rings. The van der Waals surface area contributed by atoms with E-state index < -0.39 is 5.97 Å². The quantitative estimate of drug-likeness (QED) is 0.378. The summed E-state index contributed by atoms with van der Waals surface area (Å²) in [6.45, 7) is 4.63. The Morgan fingerprint density at radius 3 is 2.44 bits per heavy atom. The average molecular weight is 481 g/mol. The summed E-state index contributed by atoms with van der Waals surface area (Å²) in [7, 11) is 1.76. The van der Waals surface area contributed by atoms with Crippen molar-refractivity contribution in [1.29, 1.82) is 0 Å². The number of aromatic nitrogens is 2. The highest BCUT2D eigenvalue weighted by atomic mass is 16.5. The predicted molar refractivity (Wildman–Crippen MR) is 139 cm³/mol. The van der Waals surface area contributed by atoms with Crippen molar-refractivity contribution in [2.75, 3.05) is 0 Å². The zero-order chi connectivity index (χ0) is 25.4. The molecule has 0 radical (unpaired) electrons. The van der Waals surface area contributed by atoms with Crippen LogP contribution < -0.4 is 10.3 Å². The minimum absolute atomic E-state index is 0.0138. The lowest BCUT2D eigenvalue weighted by Gasteiger charge is -2.15. The minimum atomic E-state index is -0.755. The van der Waals surface area contributed by atoms with E-state index in [1.165, 1.54) is 5.56 Å². The number of nitrogens with zero attached hydrogens (tertiary/aromatic N) is 2. The highest BCUT2D eigenvalue weighted by molar-refractivity contribution is 5.77. The average Bonchev–Trinajstić information content (AvgIpc) is 3.66. The maximum absolute atomic E-state index is 11.8. The number of hydrogen-bond acceptors (Lipinski definition) is 4. The Morgan fingerprint density at radius 2 is 1.81 bits per heavy atom. The first kappa shape index (κ1) is 23.5. The second kappa shape index (κ2) is 9.46. The van der Waals surface area contributed by atoms with Crippen LogP contribution in [0.15, 0.2) is 77.9 Å². The number of hydrogen-bond donors (Lipinski definition) is 1. The third-order valence-corrected chi connectivity index (χ3v) is 6.82. The SMILES string of the molecule is Cc1cc(-c2ccc(=O)n(C)c2)cc(C)c1-c1cccc(COc2ccc([C@H]3C[C@@H]3C(=O)O)nc2)c1. The Hall–Kier alpha value is -4.19. The maximum Gasteiger partial charge on any atom is 0.307 e. The van der Waals surface area contributed by atoms with Crippen LogP contribution in [0.4, 0.5) is 0 Å². The van der Waals surface area contributed by atoms with Gasteiger partial charge in [-0.2, -0.15) is 0 Å². The number of carboxylic acids is 1. The van der Waals surface area contributed by atoms with Crippen LogP contribution in [0.3, 0.4) is 0 Å². The summed E-state index contributed by atoms with van der Waals surface area (Å²) in [6, 6.07) is 19.8. The Kier molecular flexibility index (Phi) is 6.18. The monoisotopic (exact) mass is 480 g/mol. The molecule has 0 unspecified atom stereocenters. The number of carbonyl (C=O) groups is 1. The van der Waals surface area contributed by atoms with E-state index in [0.29, 0.717) is 18.8 Å². The van der Waals surface area contributed by atoms with E-state index in [0.717, 1.165) is 39.1 Å². The van der Waals surface area contributed by atoms with Crippen LogP contribution in [-0.2, 0) is 18.4 Å². The van der Waals surface area contributed by atoms with Crippen molar-refractivity contribution in [2.45, 2.75) is 32.8 Å². The Bertz CT molecular complexity index is 1480. The molecule has 36 heavy (non-hydrogen) atoms. The molecule has 0 aliphatic heterocycles. The summed E-state index contributed by atoms with van der Waals surface area (Å²) in [4.78, 5) is 27.3. The van der Waals surface area contributed by atoms with E-state index in [1.54, 1.807) is 23.9 Å². The zero-order valence-corrected chi connectivity index (χ0v) is 20.6. The fraction of sp³-hybridized carbons (Fsp3) is 0.233. The molecule has 0 bridgehead atoms. The summed E-state index contributed by atoms with van der Waals surface area (Å²) in [5.41, 5.74) is 8.57. The first-order chi connectivity index (χ1) is 17.3. The van der Waals surface area contributed by atoms with Crippen LogP contribution in [0.25, 0.3) is 22.3 Å². The van der Waals surface area contributed by atoms with Gasteiger partial charge in [-0.25, -0.2) is 0 Å². The van der Waals surface area contributed by atoms with Crippen molar-refractivity contribution < 1.29 is 14.6 Å². The lowest BCUT2D eigenvalue weighted by Crippen LogP contribution is -2.13. The number of pyridine rings is 2. The van der Waals surface area contributed by atoms with E-state index in [4.69, 9.17) is 9.84 Å². The van der Waals surface area contributed by atoms with E-state index in [1.807, 2.05) is 36.5 Å². The summed E-state index contributed by atoms with van der Waals surface area (Å²) >= 11 is 0. The van der Waals surface area contributed by atoms with E-state index in [9.17, 15) is 9.59 Å². The van der Waals surface area contributed by atoms with Crippen LogP contribution in [-0.4, -0.2) is 20.6 Å². The zero-order valence-electron chi connectivity index (χ0n) is 20.6. The molecule has 6 nitrogen and oxygen atoms in total. The maximum atomic E-state index is 11.8. The smallest absolute Gasteiger partial charge is 0.307 e. The molecule has 2 aromatic carbocycles. The molecule has 1 fully saturated rings. The van der Waals surface area contributed by atoms with Gasteiger partial charge in [-0.3, -0.25) is 14.6 Å². The third-order valence-electron chi connectivity index (χ3n) is 6.82. The van der Waals surface area contributed by atoms with Crippen LogP contribution in [0.1, 0.15) is 34.7 Å². The molecule has 0 amide bonds. The number of aryl methyl sites for hydroxylation is 3. The molecule has 2 atom stereocenters. The van der Waals surface area contributed by atoms with Crippen molar-refractivity contribution in [1.82, 2.24) is 9.55 Å². The Labute approximate surface area is 209 Å². The van der Waals surface area contributed by atoms with Crippen LogP contribution >= 0.6 is 0 Å². The van der Waals surface area contributed by atoms with Crippen LogP contribution in [0, 0.1) is 19.8 Å². The molecule has 182 valence electrons. The second-order valence-electron chi connectivity index (χ2n) is 9.55. The second-order valence-corrected chi connectivity index (χ2v) is 9.55. The number of rotatable bonds is 7. The van der Waals surface area contributed by atoms with Crippen molar-refractivity contribution in [3.8, 4) is 28.0 Å². The molecule has 1 saturated carbocycles. The molecular weight excluding hydrogens is 452 g/mol. The van der Waals surface area contributed by atoms with E-state index in [-0.39, 0.29) is 17.4 Å². The molecule has 6 heteroatoms. The van der Waals surface area contributed by atoms with Gasteiger partial charge in [-0.15, -0.1) is 0 Å². The molecule has 0 saturated heterocycles. The van der Waals surface area contributed by atoms with Gasteiger partial charge in [0.05, 0.1) is 12.1 Å². The van der Waals surface area contributed by atoms with Gasteiger partial charge in [0.2, 0.25) is 5.56 Å². The van der Waals surface area contributed by atoms with Gasteiger partial charge in [-0.1, -0.05) is 30.3 Å². The molecular formula is C30H28N2O4. The molecule has 5 rings (SSSR count). The van der Waals surface area contributed by atoms with Crippen molar-refractivity contribution >= 4 is 5.97 Å². The normalized spacial score (nSPS) is 16.5. The highest BCUT2D eigenvalue weighted by Crippen LogP contribution is 2.46. The van der Waals surface area contributed by atoms with Gasteiger partial charge in [0.15, 0.2) is 0 Å². The van der Waals surface area contributed by atoms with E-state index >= 15 is 0 Å². The third kappa shape index (κ3) is 4.80. The summed E-state index contributed by atoms with van der Waals surface area (Å²) in [5.74, 6) is -0.394. The van der Waals surface area contributed by atoms with Gasteiger partial charge < -0.3 is 14.4 Å². The fourth-order valence-corrected chi connectivity index (χ4v) is 4.82. The molecule has 0 spiro atoms. The number of carboxylic acid groups (broad SMARTS) is 1. The van der Waals surface area contributed by atoms with Crippen molar-refractivity contribution in [3.63, 3.8) is 0 Å². The topological polar surface area (TPSA) is 81.4 Å². The lowest BCUT2D eigenvalue weighted by atomic mass is 9.91. The first-order valence-electron chi connectivity index (χ1n) is 12.0. The minimum Gasteiger partial charge on any atom is -0.487 e. The Balaban J connectivity index is 1.31. The highest BCUT2D eigenvalue weighted by Gasteiger charge is 2.45. The van der Waals surface area contributed by atoms with Gasteiger partial charge in [-0.05, 0) is 83.5 Å². The lowest BCUT2D eigenvalue weighted by molar-refractivity contribution is -0.138. The van der Waals surface area contributed by atoms with E-state index in [2.05, 4.69) is 43.1 Å². The van der Waals surface area contributed by atoms with Crippen molar-refractivity contribution in [2.24, 2.45) is 13.0 Å². The summed E-state index contributed by atoms with van der Waals surface area (Å²) in [5, 5.41) is 9.11. The fourth-order valence-electron chi connectivity index (χ4n) is 4.82. The molecule has 1 aliphatic carbocycles. The molecule has 1 N–H and O–H groups in total. The van der Waals surface area contributed by atoms with Gasteiger partial charge >= 0.3 is 5.97 Å².